The highest BCUT2D eigenvalue weighted by molar-refractivity contribution is 4.83. The quantitative estimate of drug-likeness (QED) is 0.559. The highest BCUT2D eigenvalue weighted by atomic mass is 14.4. The molecule has 0 aliphatic carbocycles. The van der Waals surface area contributed by atoms with E-state index in [2.05, 4.69) is 62.3 Å². The maximum Gasteiger partial charge on any atom is -0.0305 e. The van der Waals surface area contributed by atoms with Crippen LogP contribution in [0.5, 0.6) is 0 Å². The second-order valence-electron chi connectivity index (χ2n) is 8.54. The molecule has 98 valence electrons. The summed E-state index contributed by atoms with van der Waals surface area (Å²) in [4.78, 5) is 0. The molecule has 0 fully saturated rings. The molecule has 16 heavy (non-hydrogen) atoms. The normalized spacial score (nSPS) is 16.3. The van der Waals surface area contributed by atoms with Crippen LogP contribution in [0.3, 0.4) is 0 Å². The Balaban J connectivity index is 4.16. The first-order chi connectivity index (χ1) is 6.85. The van der Waals surface area contributed by atoms with Gasteiger partial charge in [-0.3, -0.25) is 0 Å². The van der Waals surface area contributed by atoms with E-state index < -0.39 is 0 Å². The molecule has 0 aromatic rings. The lowest BCUT2D eigenvalue weighted by Crippen LogP contribution is -2.30. The third-order valence-electron chi connectivity index (χ3n) is 4.25. The van der Waals surface area contributed by atoms with Crippen LogP contribution in [0.15, 0.2) is 0 Å². The topological polar surface area (TPSA) is 0 Å². The summed E-state index contributed by atoms with van der Waals surface area (Å²) >= 11 is 0. The maximum atomic E-state index is 2.41. The Kier molecular flexibility index (Phi) is 5.10. The van der Waals surface area contributed by atoms with Crippen molar-refractivity contribution in [1.82, 2.24) is 0 Å². The van der Waals surface area contributed by atoms with E-state index in [1.165, 1.54) is 19.3 Å². The summed E-state index contributed by atoms with van der Waals surface area (Å²) < 4.78 is 0. The summed E-state index contributed by atoms with van der Waals surface area (Å²) in [6.07, 6.45) is 4.04. The van der Waals surface area contributed by atoms with Crippen LogP contribution in [0.2, 0.25) is 0 Å². The predicted molar refractivity (Wildman–Crippen MR) is 75.7 cm³/mol. The third-order valence-corrected chi connectivity index (χ3v) is 4.25. The van der Waals surface area contributed by atoms with E-state index in [4.69, 9.17) is 0 Å². The fourth-order valence-electron chi connectivity index (χ4n) is 2.13. The lowest BCUT2D eigenvalue weighted by molar-refractivity contribution is 0.106. The van der Waals surface area contributed by atoms with Crippen molar-refractivity contribution in [2.24, 2.45) is 22.2 Å². The van der Waals surface area contributed by atoms with E-state index in [1.807, 2.05) is 0 Å². The van der Waals surface area contributed by atoms with E-state index in [0.717, 1.165) is 5.92 Å². The van der Waals surface area contributed by atoms with Gasteiger partial charge in [0, 0.05) is 0 Å². The van der Waals surface area contributed by atoms with Gasteiger partial charge in [0.2, 0.25) is 0 Å². The molecule has 0 aliphatic heterocycles. The third kappa shape index (κ3) is 5.92. The zero-order valence-electron chi connectivity index (χ0n) is 13.2. The molecule has 0 aromatic heterocycles. The zero-order chi connectivity index (χ0) is 13.2. The molecule has 0 aromatic carbocycles. The standard InChI is InChI=1S/C16H34/c1-13(12-14(2,3)4)10-11-16(8,9)15(5,6)7/h13H,10-12H2,1-9H3. The minimum absolute atomic E-state index is 0.411. The van der Waals surface area contributed by atoms with E-state index in [0.29, 0.717) is 16.2 Å². The van der Waals surface area contributed by atoms with Gasteiger partial charge in [0.25, 0.3) is 0 Å². The van der Waals surface area contributed by atoms with E-state index in [9.17, 15) is 0 Å². The van der Waals surface area contributed by atoms with Gasteiger partial charge in [-0.15, -0.1) is 0 Å². The Bertz CT molecular complexity index is 197. The molecule has 1 atom stereocenters. The molecular weight excluding hydrogens is 192 g/mol. The SMILES string of the molecule is CC(CCC(C)(C)C(C)(C)C)CC(C)(C)C. The highest BCUT2D eigenvalue weighted by Crippen LogP contribution is 2.43. The van der Waals surface area contributed by atoms with Crippen molar-refractivity contribution in [2.75, 3.05) is 0 Å². The molecule has 1 unspecified atom stereocenters. The van der Waals surface area contributed by atoms with Gasteiger partial charge in [0.1, 0.15) is 0 Å². The van der Waals surface area contributed by atoms with E-state index in [-0.39, 0.29) is 0 Å². The Labute approximate surface area is 104 Å². The fraction of sp³-hybridized carbons (Fsp3) is 1.00. The van der Waals surface area contributed by atoms with Gasteiger partial charge >= 0.3 is 0 Å². The first-order valence-corrected chi connectivity index (χ1v) is 6.85. The minimum Gasteiger partial charge on any atom is -0.0625 e. The van der Waals surface area contributed by atoms with Gasteiger partial charge in [-0.1, -0.05) is 68.7 Å². The number of hydrogen-bond acceptors (Lipinski definition) is 0. The Morgan fingerprint density at radius 3 is 1.56 bits per heavy atom. The molecule has 0 heteroatoms. The summed E-state index contributed by atoms with van der Waals surface area (Å²) in [7, 11) is 0. The molecular formula is C16H34. The second-order valence-corrected chi connectivity index (χ2v) is 8.54. The average molecular weight is 226 g/mol. The molecule has 0 radical (unpaired) electrons. The van der Waals surface area contributed by atoms with Gasteiger partial charge in [-0.05, 0) is 35.0 Å². The average Bonchev–Trinajstić information content (AvgIpc) is 1.95. The van der Waals surface area contributed by atoms with Crippen molar-refractivity contribution in [3.8, 4) is 0 Å². The monoisotopic (exact) mass is 226 g/mol. The van der Waals surface area contributed by atoms with E-state index >= 15 is 0 Å². The van der Waals surface area contributed by atoms with Crippen molar-refractivity contribution >= 4 is 0 Å². The molecule has 0 saturated carbocycles. The molecule has 0 spiro atoms. The molecule has 0 rings (SSSR count). The van der Waals surface area contributed by atoms with Gasteiger partial charge in [-0.2, -0.15) is 0 Å². The van der Waals surface area contributed by atoms with Crippen LogP contribution in [0, 0.1) is 22.2 Å². The van der Waals surface area contributed by atoms with Gasteiger partial charge < -0.3 is 0 Å². The van der Waals surface area contributed by atoms with Crippen molar-refractivity contribution in [1.29, 1.82) is 0 Å². The van der Waals surface area contributed by atoms with E-state index in [1.54, 1.807) is 0 Å². The molecule has 0 nitrogen and oxygen atoms in total. The first kappa shape index (κ1) is 16.0. The Morgan fingerprint density at radius 1 is 0.812 bits per heavy atom. The van der Waals surface area contributed by atoms with Crippen LogP contribution in [-0.2, 0) is 0 Å². The maximum absolute atomic E-state index is 2.41. The largest absolute Gasteiger partial charge is 0.0625 e. The molecule has 0 amide bonds. The summed E-state index contributed by atoms with van der Waals surface area (Å²) in [5.41, 5.74) is 1.33. The predicted octanol–water partition coefficient (Wildman–Crippen LogP) is 5.91. The Morgan fingerprint density at radius 2 is 1.25 bits per heavy atom. The van der Waals surface area contributed by atoms with Crippen LogP contribution in [0.4, 0.5) is 0 Å². The molecule has 0 bridgehead atoms. The lowest BCUT2D eigenvalue weighted by atomic mass is 9.66. The van der Waals surface area contributed by atoms with Crippen molar-refractivity contribution in [3.05, 3.63) is 0 Å². The summed E-state index contributed by atoms with van der Waals surface area (Å²) in [5, 5.41) is 0. The summed E-state index contributed by atoms with van der Waals surface area (Å²) in [6, 6.07) is 0. The van der Waals surface area contributed by atoms with Crippen LogP contribution in [-0.4, -0.2) is 0 Å². The van der Waals surface area contributed by atoms with Crippen LogP contribution >= 0.6 is 0 Å². The first-order valence-electron chi connectivity index (χ1n) is 6.85. The summed E-state index contributed by atoms with van der Waals surface area (Å²) in [5.74, 6) is 0.849. The van der Waals surface area contributed by atoms with Crippen LogP contribution in [0.1, 0.15) is 81.6 Å². The van der Waals surface area contributed by atoms with Crippen molar-refractivity contribution in [2.45, 2.75) is 81.6 Å². The smallest absolute Gasteiger partial charge is 0.0305 e. The fourth-order valence-corrected chi connectivity index (χ4v) is 2.13. The Hall–Kier alpha value is 0. The number of hydrogen-bond donors (Lipinski definition) is 0. The van der Waals surface area contributed by atoms with Crippen LogP contribution < -0.4 is 0 Å². The van der Waals surface area contributed by atoms with Gasteiger partial charge in [0.05, 0.1) is 0 Å². The highest BCUT2D eigenvalue weighted by Gasteiger charge is 2.32. The van der Waals surface area contributed by atoms with Gasteiger partial charge in [0.15, 0.2) is 0 Å². The zero-order valence-corrected chi connectivity index (χ0v) is 13.2. The molecule has 0 N–H and O–H groups in total. The van der Waals surface area contributed by atoms with Crippen molar-refractivity contribution in [3.63, 3.8) is 0 Å². The van der Waals surface area contributed by atoms with Crippen molar-refractivity contribution < 1.29 is 0 Å². The van der Waals surface area contributed by atoms with Crippen LogP contribution in [0.25, 0.3) is 0 Å². The second kappa shape index (κ2) is 5.10. The number of rotatable bonds is 4. The van der Waals surface area contributed by atoms with Gasteiger partial charge in [-0.25, -0.2) is 0 Å². The summed E-state index contributed by atoms with van der Waals surface area (Å²) in [6.45, 7) is 21.4. The molecule has 0 aliphatic rings. The molecule has 0 saturated heterocycles. The molecule has 0 heterocycles. The minimum atomic E-state index is 0.411. The lowest BCUT2D eigenvalue weighted by Gasteiger charge is -2.40.